The van der Waals surface area contributed by atoms with Gasteiger partial charge in [-0.25, -0.2) is 0 Å². The second-order valence-electron chi connectivity index (χ2n) is 4.46. The van der Waals surface area contributed by atoms with E-state index >= 15 is 0 Å². The molecule has 1 unspecified atom stereocenters. The van der Waals surface area contributed by atoms with Crippen LogP contribution < -0.4 is 5.32 Å². The molecule has 1 atom stereocenters. The number of nitrogens with zero attached hydrogens (tertiary/aromatic N) is 1. The fourth-order valence-corrected chi connectivity index (χ4v) is 2.40. The molecule has 0 heterocycles. The zero-order chi connectivity index (χ0) is 11.2. The van der Waals surface area contributed by atoms with Crippen molar-refractivity contribution in [2.75, 3.05) is 20.1 Å². The van der Waals surface area contributed by atoms with Crippen molar-refractivity contribution in [1.29, 1.82) is 0 Å². The molecule has 0 radical (unpaired) electrons. The Hall–Kier alpha value is -0.0800. The zero-order valence-electron chi connectivity index (χ0n) is 10.9. The maximum Gasteiger partial charge on any atom is 0.0305 e. The molecule has 0 aromatic rings. The summed E-state index contributed by atoms with van der Waals surface area (Å²) in [4.78, 5) is 2.53. The molecule has 0 saturated carbocycles. The van der Waals surface area contributed by atoms with Gasteiger partial charge in [-0.05, 0) is 40.4 Å². The average Bonchev–Trinajstić information content (AvgIpc) is 2.15. The number of rotatable bonds is 7. The first-order valence-electron chi connectivity index (χ1n) is 5.96. The third-order valence-corrected chi connectivity index (χ3v) is 3.36. The molecule has 14 heavy (non-hydrogen) atoms. The summed E-state index contributed by atoms with van der Waals surface area (Å²) >= 11 is 0. The lowest BCUT2D eigenvalue weighted by atomic mass is 9.89. The minimum Gasteiger partial charge on any atom is -0.315 e. The summed E-state index contributed by atoms with van der Waals surface area (Å²) in [6.07, 6.45) is 2.50. The van der Waals surface area contributed by atoms with Crippen LogP contribution in [0.1, 0.15) is 47.5 Å². The number of likely N-dealkylation sites (N-methyl/N-ethyl adjacent to an activating group) is 2. The number of nitrogens with one attached hydrogen (secondary N) is 1. The molecule has 0 aliphatic carbocycles. The van der Waals surface area contributed by atoms with Crippen molar-refractivity contribution < 1.29 is 0 Å². The van der Waals surface area contributed by atoms with Gasteiger partial charge in [-0.3, -0.25) is 4.90 Å². The molecule has 0 spiro atoms. The topological polar surface area (TPSA) is 15.3 Å². The van der Waals surface area contributed by atoms with Crippen LogP contribution in [0, 0.1) is 0 Å². The molecular formula is C12H28N2. The first-order chi connectivity index (χ1) is 6.54. The predicted octanol–water partition coefficient (Wildman–Crippen LogP) is 2.49. The first kappa shape index (κ1) is 13.9. The highest BCUT2D eigenvalue weighted by molar-refractivity contribution is 4.91. The van der Waals surface area contributed by atoms with Gasteiger partial charge >= 0.3 is 0 Å². The van der Waals surface area contributed by atoms with E-state index in [0.717, 1.165) is 13.1 Å². The molecule has 0 aliphatic rings. The Kier molecular flexibility index (Phi) is 6.38. The summed E-state index contributed by atoms with van der Waals surface area (Å²) in [6, 6.07) is 0.590. The van der Waals surface area contributed by atoms with Crippen molar-refractivity contribution in [3.63, 3.8) is 0 Å². The Morgan fingerprint density at radius 1 is 1.14 bits per heavy atom. The summed E-state index contributed by atoms with van der Waals surface area (Å²) in [5, 5.41) is 3.45. The summed E-state index contributed by atoms with van der Waals surface area (Å²) in [7, 11) is 2.07. The minimum absolute atomic E-state index is 0.258. The van der Waals surface area contributed by atoms with Crippen molar-refractivity contribution in [3.05, 3.63) is 0 Å². The molecule has 0 aliphatic heterocycles. The Morgan fingerprint density at radius 3 is 1.93 bits per heavy atom. The van der Waals surface area contributed by atoms with Gasteiger partial charge in [-0.1, -0.05) is 27.2 Å². The molecular weight excluding hydrogens is 172 g/mol. The Morgan fingerprint density at radius 2 is 1.64 bits per heavy atom. The second-order valence-corrected chi connectivity index (χ2v) is 4.46. The van der Waals surface area contributed by atoms with Gasteiger partial charge in [0.15, 0.2) is 0 Å². The molecule has 2 nitrogen and oxygen atoms in total. The van der Waals surface area contributed by atoms with Crippen molar-refractivity contribution in [2.24, 2.45) is 0 Å². The van der Waals surface area contributed by atoms with E-state index in [4.69, 9.17) is 0 Å². The van der Waals surface area contributed by atoms with E-state index in [-0.39, 0.29) is 5.54 Å². The SMILES string of the molecule is CCCC(NC)C(C)(C)N(CC)CC. The van der Waals surface area contributed by atoms with Crippen LogP contribution in [0.25, 0.3) is 0 Å². The predicted molar refractivity (Wildman–Crippen MR) is 64.8 cm³/mol. The van der Waals surface area contributed by atoms with Gasteiger partial charge in [0.05, 0.1) is 0 Å². The molecule has 0 rings (SSSR count). The molecule has 0 aromatic carbocycles. The summed E-state index contributed by atoms with van der Waals surface area (Å²) < 4.78 is 0. The lowest BCUT2D eigenvalue weighted by Gasteiger charge is -2.43. The van der Waals surface area contributed by atoms with E-state index in [9.17, 15) is 0 Å². The van der Waals surface area contributed by atoms with Gasteiger partial charge in [-0.15, -0.1) is 0 Å². The van der Waals surface area contributed by atoms with Crippen LogP contribution in [0.2, 0.25) is 0 Å². The fraction of sp³-hybridized carbons (Fsp3) is 1.00. The van der Waals surface area contributed by atoms with Gasteiger partial charge in [0.1, 0.15) is 0 Å². The van der Waals surface area contributed by atoms with E-state index in [1.165, 1.54) is 12.8 Å². The van der Waals surface area contributed by atoms with Gasteiger partial charge in [0.25, 0.3) is 0 Å². The third-order valence-electron chi connectivity index (χ3n) is 3.36. The van der Waals surface area contributed by atoms with Crippen LogP contribution in [0.3, 0.4) is 0 Å². The molecule has 0 bridgehead atoms. The molecule has 2 heteroatoms. The monoisotopic (exact) mass is 200 g/mol. The largest absolute Gasteiger partial charge is 0.315 e. The quantitative estimate of drug-likeness (QED) is 0.679. The lowest BCUT2D eigenvalue weighted by Crippen LogP contribution is -2.56. The molecule has 0 fully saturated rings. The standard InChI is InChI=1S/C12H28N2/c1-7-10-11(13-6)12(4,5)14(8-2)9-3/h11,13H,7-10H2,1-6H3. The molecule has 0 saturated heterocycles. The van der Waals surface area contributed by atoms with Crippen LogP contribution in [-0.4, -0.2) is 36.6 Å². The Labute approximate surface area is 90.1 Å². The van der Waals surface area contributed by atoms with Gasteiger partial charge in [0.2, 0.25) is 0 Å². The highest BCUT2D eigenvalue weighted by Crippen LogP contribution is 2.21. The maximum atomic E-state index is 3.45. The van der Waals surface area contributed by atoms with Crippen LogP contribution in [-0.2, 0) is 0 Å². The van der Waals surface area contributed by atoms with Gasteiger partial charge < -0.3 is 5.32 Å². The van der Waals surface area contributed by atoms with Crippen molar-refractivity contribution in [3.8, 4) is 0 Å². The lowest BCUT2D eigenvalue weighted by molar-refractivity contribution is 0.0904. The normalized spacial score (nSPS) is 14.8. The first-order valence-corrected chi connectivity index (χ1v) is 5.96. The smallest absolute Gasteiger partial charge is 0.0305 e. The zero-order valence-corrected chi connectivity index (χ0v) is 10.9. The van der Waals surface area contributed by atoms with E-state index in [0.29, 0.717) is 6.04 Å². The summed E-state index contributed by atoms with van der Waals surface area (Å²) in [5.41, 5.74) is 0.258. The van der Waals surface area contributed by atoms with E-state index < -0.39 is 0 Å². The number of hydrogen-bond donors (Lipinski definition) is 1. The summed E-state index contributed by atoms with van der Waals surface area (Å²) in [6.45, 7) is 13.7. The Bertz CT molecular complexity index is 139. The minimum atomic E-state index is 0.258. The van der Waals surface area contributed by atoms with E-state index in [2.05, 4.69) is 51.9 Å². The van der Waals surface area contributed by atoms with Gasteiger partial charge in [-0.2, -0.15) is 0 Å². The van der Waals surface area contributed by atoms with Crippen LogP contribution in [0.15, 0.2) is 0 Å². The van der Waals surface area contributed by atoms with E-state index in [1.807, 2.05) is 0 Å². The van der Waals surface area contributed by atoms with Gasteiger partial charge in [0, 0.05) is 11.6 Å². The average molecular weight is 200 g/mol. The highest BCUT2D eigenvalue weighted by atomic mass is 15.2. The molecule has 86 valence electrons. The molecule has 0 amide bonds. The maximum absolute atomic E-state index is 3.45. The third kappa shape index (κ3) is 3.25. The summed E-state index contributed by atoms with van der Waals surface area (Å²) in [5.74, 6) is 0. The van der Waals surface area contributed by atoms with Crippen molar-refractivity contribution >= 4 is 0 Å². The van der Waals surface area contributed by atoms with Crippen LogP contribution >= 0.6 is 0 Å². The van der Waals surface area contributed by atoms with Crippen LogP contribution in [0.4, 0.5) is 0 Å². The highest BCUT2D eigenvalue weighted by Gasteiger charge is 2.31. The van der Waals surface area contributed by atoms with Crippen LogP contribution in [0.5, 0.6) is 0 Å². The van der Waals surface area contributed by atoms with Crippen molar-refractivity contribution in [2.45, 2.75) is 59.0 Å². The fourth-order valence-electron chi connectivity index (χ4n) is 2.40. The number of hydrogen-bond acceptors (Lipinski definition) is 2. The second kappa shape index (κ2) is 6.41. The van der Waals surface area contributed by atoms with Crippen molar-refractivity contribution in [1.82, 2.24) is 10.2 Å². The molecule has 0 aromatic heterocycles. The molecule has 1 N–H and O–H groups in total. The van der Waals surface area contributed by atoms with E-state index in [1.54, 1.807) is 0 Å². The Balaban J connectivity index is 4.51.